The van der Waals surface area contributed by atoms with Crippen LogP contribution in [0.25, 0.3) is 0 Å². The summed E-state index contributed by atoms with van der Waals surface area (Å²) in [5.74, 6) is -0.602. The Balaban J connectivity index is 2.95. The average molecular weight is 248 g/mol. The summed E-state index contributed by atoms with van der Waals surface area (Å²) in [7, 11) is 0. The fraction of sp³-hybridized carbons (Fsp3) is 0.467. The first-order valence-electron chi connectivity index (χ1n) is 6.03. The molecule has 0 radical (unpaired) electrons. The van der Waals surface area contributed by atoms with E-state index in [4.69, 9.17) is 5.11 Å². The quantitative estimate of drug-likeness (QED) is 0.616. The Labute approximate surface area is 108 Å². The lowest BCUT2D eigenvalue weighted by atomic mass is 9.68. The molecule has 1 aliphatic carbocycles. The van der Waals surface area contributed by atoms with Crippen molar-refractivity contribution in [2.45, 2.75) is 34.1 Å². The van der Waals surface area contributed by atoms with Gasteiger partial charge in [0.05, 0.1) is 0 Å². The largest absolute Gasteiger partial charge is 0.478 e. The summed E-state index contributed by atoms with van der Waals surface area (Å²) in [6, 6.07) is 0. The summed E-state index contributed by atoms with van der Waals surface area (Å²) < 4.78 is 0. The summed E-state index contributed by atoms with van der Waals surface area (Å²) in [5.41, 5.74) is 1.62. The lowest BCUT2D eigenvalue weighted by Gasteiger charge is -2.35. The number of ketones is 1. The molecule has 1 rings (SSSR count). The van der Waals surface area contributed by atoms with Gasteiger partial charge in [0, 0.05) is 18.4 Å². The van der Waals surface area contributed by atoms with Crippen LogP contribution in [0.1, 0.15) is 34.1 Å². The average Bonchev–Trinajstić information content (AvgIpc) is 2.12. The minimum absolute atomic E-state index is 0.115. The van der Waals surface area contributed by atoms with Crippen molar-refractivity contribution in [1.82, 2.24) is 0 Å². The van der Waals surface area contributed by atoms with Gasteiger partial charge in [-0.15, -0.1) is 0 Å². The van der Waals surface area contributed by atoms with Crippen LogP contribution in [0.15, 0.2) is 35.5 Å². The third-order valence-corrected chi connectivity index (χ3v) is 3.25. The van der Waals surface area contributed by atoms with Crippen LogP contribution >= 0.6 is 0 Å². The lowest BCUT2D eigenvalue weighted by Crippen LogP contribution is -2.30. The van der Waals surface area contributed by atoms with Crippen molar-refractivity contribution >= 4 is 11.8 Å². The zero-order valence-electron chi connectivity index (χ0n) is 11.4. The van der Waals surface area contributed by atoms with Gasteiger partial charge >= 0.3 is 5.97 Å². The molecule has 0 bridgehead atoms. The maximum Gasteiger partial charge on any atom is 0.328 e. The van der Waals surface area contributed by atoms with E-state index in [9.17, 15) is 9.59 Å². The second kappa shape index (κ2) is 5.34. The highest BCUT2D eigenvalue weighted by Gasteiger charge is 2.34. The highest BCUT2D eigenvalue weighted by molar-refractivity contribution is 5.92. The van der Waals surface area contributed by atoms with Gasteiger partial charge in [0.25, 0.3) is 0 Å². The Morgan fingerprint density at radius 2 is 2.11 bits per heavy atom. The Morgan fingerprint density at radius 1 is 1.50 bits per heavy atom. The van der Waals surface area contributed by atoms with Gasteiger partial charge in [-0.3, -0.25) is 4.79 Å². The fourth-order valence-corrected chi connectivity index (χ4v) is 2.47. The van der Waals surface area contributed by atoms with E-state index in [2.05, 4.69) is 13.8 Å². The third kappa shape index (κ3) is 3.69. The molecule has 0 aromatic heterocycles. The third-order valence-electron chi connectivity index (χ3n) is 3.25. The SMILES string of the molecule is CC1=CC(=O)CC(C)(C)[C@@H]1/C=C/C(C)=C\C(=O)O. The number of allylic oxidation sites excluding steroid dienone is 5. The second-order valence-corrected chi connectivity index (χ2v) is 5.58. The van der Waals surface area contributed by atoms with Gasteiger partial charge in [0.15, 0.2) is 5.78 Å². The van der Waals surface area contributed by atoms with Crippen LogP contribution in [-0.2, 0) is 9.59 Å². The molecule has 3 heteroatoms. The molecule has 0 aromatic rings. The van der Waals surface area contributed by atoms with Crippen LogP contribution in [-0.4, -0.2) is 16.9 Å². The number of hydrogen-bond acceptors (Lipinski definition) is 2. The Hall–Kier alpha value is -1.64. The highest BCUT2D eigenvalue weighted by atomic mass is 16.4. The van der Waals surface area contributed by atoms with E-state index in [0.29, 0.717) is 12.0 Å². The van der Waals surface area contributed by atoms with E-state index in [0.717, 1.165) is 5.57 Å². The molecule has 98 valence electrons. The summed E-state index contributed by atoms with van der Waals surface area (Å²) in [5, 5.41) is 8.64. The molecular formula is C15H20O3. The molecule has 0 heterocycles. The number of aliphatic carboxylic acids is 1. The zero-order valence-corrected chi connectivity index (χ0v) is 11.4. The molecule has 0 spiro atoms. The first-order valence-corrected chi connectivity index (χ1v) is 6.03. The maximum atomic E-state index is 11.5. The zero-order chi connectivity index (χ0) is 13.9. The van der Waals surface area contributed by atoms with Crippen LogP contribution in [0.5, 0.6) is 0 Å². The lowest BCUT2D eigenvalue weighted by molar-refractivity contribution is -0.131. The standard InChI is InChI=1S/C15H20O3/c1-10(7-14(17)18)5-6-13-11(2)8-12(16)9-15(13,3)4/h5-8,13H,9H2,1-4H3,(H,17,18)/b6-5+,10-7-/t13-/m1/s1. The van der Waals surface area contributed by atoms with E-state index in [1.54, 1.807) is 13.0 Å². The van der Waals surface area contributed by atoms with E-state index in [-0.39, 0.29) is 17.1 Å². The molecule has 0 aliphatic heterocycles. The molecule has 0 saturated carbocycles. The Bertz CT molecular complexity index is 450. The molecule has 0 amide bonds. The number of carboxylic acid groups (broad SMARTS) is 1. The minimum atomic E-state index is -0.942. The number of carbonyl (C=O) groups is 2. The molecule has 1 aliphatic rings. The fourth-order valence-electron chi connectivity index (χ4n) is 2.47. The van der Waals surface area contributed by atoms with Crippen LogP contribution in [0, 0.1) is 11.3 Å². The van der Waals surface area contributed by atoms with Crippen molar-refractivity contribution < 1.29 is 14.7 Å². The van der Waals surface area contributed by atoms with Crippen molar-refractivity contribution in [1.29, 1.82) is 0 Å². The van der Waals surface area contributed by atoms with Gasteiger partial charge in [-0.2, -0.15) is 0 Å². The number of hydrogen-bond donors (Lipinski definition) is 1. The maximum absolute atomic E-state index is 11.5. The molecule has 0 fully saturated rings. The topological polar surface area (TPSA) is 54.4 Å². The van der Waals surface area contributed by atoms with Gasteiger partial charge in [0.2, 0.25) is 0 Å². The number of carboxylic acids is 1. The van der Waals surface area contributed by atoms with E-state index >= 15 is 0 Å². The normalized spacial score (nSPS) is 24.2. The van der Waals surface area contributed by atoms with E-state index < -0.39 is 5.97 Å². The smallest absolute Gasteiger partial charge is 0.328 e. The van der Waals surface area contributed by atoms with E-state index in [1.165, 1.54) is 6.08 Å². The van der Waals surface area contributed by atoms with Gasteiger partial charge < -0.3 is 5.11 Å². The number of rotatable bonds is 3. The molecular weight excluding hydrogens is 228 g/mol. The van der Waals surface area contributed by atoms with Crippen LogP contribution < -0.4 is 0 Å². The minimum Gasteiger partial charge on any atom is -0.478 e. The van der Waals surface area contributed by atoms with Gasteiger partial charge in [-0.25, -0.2) is 4.79 Å². The van der Waals surface area contributed by atoms with Crippen LogP contribution in [0.3, 0.4) is 0 Å². The Kier molecular flexibility index (Phi) is 4.28. The van der Waals surface area contributed by atoms with Crippen molar-refractivity contribution in [3.8, 4) is 0 Å². The van der Waals surface area contributed by atoms with Crippen molar-refractivity contribution in [2.75, 3.05) is 0 Å². The van der Waals surface area contributed by atoms with Gasteiger partial charge in [-0.1, -0.05) is 31.6 Å². The molecule has 0 saturated heterocycles. The molecule has 1 atom stereocenters. The molecule has 0 aromatic carbocycles. The summed E-state index contributed by atoms with van der Waals surface area (Å²) in [6.07, 6.45) is 7.20. The van der Waals surface area contributed by atoms with Crippen LogP contribution in [0.4, 0.5) is 0 Å². The van der Waals surface area contributed by atoms with Gasteiger partial charge in [0.1, 0.15) is 0 Å². The van der Waals surface area contributed by atoms with Crippen molar-refractivity contribution in [3.63, 3.8) is 0 Å². The molecule has 18 heavy (non-hydrogen) atoms. The Morgan fingerprint density at radius 3 is 2.61 bits per heavy atom. The van der Waals surface area contributed by atoms with Crippen LogP contribution in [0.2, 0.25) is 0 Å². The first-order chi connectivity index (χ1) is 8.22. The second-order valence-electron chi connectivity index (χ2n) is 5.58. The summed E-state index contributed by atoms with van der Waals surface area (Å²) in [6.45, 7) is 7.83. The summed E-state index contributed by atoms with van der Waals surface area (Å²) >= 11 is 0. The summed E-state index contributed by atoms with van der Waals surface area (Å²) in [4.78, 5) is 22.1. The van der Waals surface area contributed by atoms with Crippen molar-refractivity contribution in [2.24, 2.45) is 11.3 Å². The molecule has 1 N–H and O–H groups in total. The monoisotopic (exact) mass is 248 g/mol. The highest BCUT2D eigenvalue weighted by Crippen LogP contribution is 2.40. The van der Waals surface area contributed by atoms with E-state index in [1.807, 2.05) is 19.1 Å². The number of carbonyl (C=O) groups excluding carboxylic acids is 1. The predicted molar refractivity (Wildman–Crippen MR) is 71.2 cm³/mol. The first kappa shape index (κ1) is 14.4. The molecule has 0 unspecified atom stereocenters. The molecule has 3 nitrogen and oxygen atoms in total. The predicted octanol–water partition coefficient (Wildman–Crippen LogP) is 3.14. The van der Waals surface area contributed by atoms with Gasteiger partial charge in [-0.05, 0) is 30.9 Å². The van der Waals surface area contributed by atoms with Crippen molar-refractivity contribution in [3.05, 3.63) is 35.5 Å².